The third-order valence-electron chi connectivity index (χ3n) is 8.41. The third kappa shape index (κ3) is 7.35. The summed E-state index contributed by atoms with van der Waals surface area (Å²) in [5, 5.41) is 4.77. The first kappa shape index (κ1) is 31.7. The Balaban J connectivity index is 1.21. The Bertz CT molecular complexity index is 1370. The molecule has 2 aliphatic heterocycles. The highest BCUT2D eigenvalue weighted by atomic mass is 35.5. The average molecular weight is 650 g/mol. The van der Waals surface area contributed by atoms with Crippen molar-refractivity contribution in [2.75, 3.05) is 77.9 Å². The molecule has 3 aromatic rings. The first-order valence-corrected chi connectivity index (χ1v) is 15.7. The van der Waals surface area contributed by atoms with Gasteiger partial charge in [0.1, 0.15) is 17.2 Å². The molecule has 0 saturated carbocycles. The summed E-state index contributed by atoms with van der Waals surface area (Å²) in [7, 11) is 7.01. The monoisotopic (exact) mass is 648 g/mol. The lowest BCUT2D eigenvalue weighted by Gasteiger charge is -2.42. The third-order valence-corrected chi connectivity index (χ3v) is 9.55. The molecule has 2 saturated heterocycles. The van der Waals surface area contributed by atoms with Gasteiger partial charge in [0, 0.05) is 69.8 Å². The highest BCUT2D eigenvalue weighted by molar-refractivity contribution is 6.38. The van der Waals surface area contributed by atoms with E-state index in [1.807, 2.05) is 12.1 Å². The Labute approximate surface area is 269 Å². The standard InChI is InChI=1S/C31H39Cl3N6O3/c1-38-11-13-39(14-12-38)21-7-9-40(10-8-21)25-15-23(32)24(16-26(25)41-2)37-31-35-18-20(19-36-31)5-6-22-29(33)27(42-3)17-28(43-4)30(22)34/h15-19,21H,5-14H2,1-4H3,(H,35,36,37). The van der Waals surface area contributed by atoms with Gasteiger partial charge in [0.15, 0.2) is 0 Å². The molecule has 232 valence electrons. The highest BCUT2D eigenvalue weighted by Crippen LogP contribution is 2.41. The van der Waals surface area contributed by atoms with Crippen LogP contribution in [0.4, 0.5) is 17.3 Å². The number of hydrogen-bond donors (Lipinski definition) is 1. The predicted octanol–water partition coefficient (Wildman–Crippen LogP) is 6.21. The first-order chi connectivity index (χ1) is 20.8. The van der Waals surface area contributed by atoms with Gasteiger partial charge in [-0.1, -0.05) is 34.8 Å². The molecule has 12 heteroatoms. The predicted molar refractivity (Wildman–Crippen MR) is 175 cm³/mol. The second-order valence-electron chi connectivity index (χ2n) is 11.0. The summed E-state index contributed by atoms with van der Waals surface area (Å²) in [6.07, 6.45) is 7.02. The largest absolute Gasteiger partial charge is 0.495 e. The number of piperidine rings is 1. The quantitative estimate of drug-likeness (QED) is 0.276. The summed E-state index contributed by atoms with van der Waals surface area (Å²) in [6.45, 7) is 6.54. The van der Waals surface area contributed by atoms with Crippen molar-refractivity contribution < 1.29 is 14.2 Å². The smallest absolute Gasteiger partial charge is 0.227 e. The van der Waals surface area contributed by atoms with Gasteiger partial charge in [0.2, 0.25) is 5.95 Å². The number of methoxy groups -OCH3 is 3. The van der Waals surface area contributed by atoms with E-state index >= 15 is 0 Å². The van der Waals surface area contributed by atoms with Gasteiger partial charge < -0.3 is 29.3 Å². The Kier molecular flexibility index (Phi) is 10.6. The number of hydrogen-bond acceptors (Lipinski definition) is 9. The number of aromatic nitrogens is 2. The number of ether oxygens (including phenoxy) is 3. The Morgan fingerprint density at radius 3 is 1.98 bits per heavy atom. The van der Waals surface area contributed by atoms with Crippen LogP contribution in [0.3, 0.4) is 0 Å². The maximum absolute atomic E-state index is 6.76. The number of nitrogens with one attached hydrogen (secondary N) is 1. The van der Waals surface area contributed by atoms with Crippen LogP contribution >= 0.6 is 34.8 Å². The summed E-state index contributed by atoms with van der Waals surface area (Å²) in [5.74, 6) is 2.24. The molecule has 0 aliphatic carbocycles. The lowest BCUT2D eigenvalue weighted by Crippen LogP contribution is -2.52. The highest BCUT2D eigenvalue weighted by Gasteiger charge is 2.28. The van der Waals surface area contributed by atoms with Crippen molar-refractivity contribution in [3.05, 3.63) is 56.8 Å². The SMILES string of the molecule is COc1cc(Nc2ncc(CCc3c(Cl)c(OC)cc(OC)c3Cl)cn2)c(Cl)cc1N1CCC(N2CCN(C)CC2)CC1. The van der Waals surface area contributed by atoms with Crippen molar-refractivity contribution in [3.63, 3.8) is 0 Å². The van der Waals surface area contributed by atoms with Crippen LogP contribution in [-0.4, -0.2) is 93.5 Å². The molecule has 43 heavy (non-hydrogen) atoms. The van der Waals surface area contributed by atoms with Crippen molar-refractivity contribution in [2.45, 2.75) is 31.7 Å². The summed E-state index contributed by atoms with van der Waals surface area (Å²) >= 11 is 19.8. The summed E-state index contributed by atoms with van der Waals surface area (Å²) in [5.41, 5.74) is 3.38. The minimum Gasteiger partial charge on any atom is -0.495 e. The van der Waals surface area contributed by atoms with Crippen LogP contribution in [0.25, 0.3) is 0 Å². The van der Waals surface area contributed by atoms with Gasteiger partial charge in [-0.3, -0.25) is 4.90 Å². The summed E-state index contributed by atoms with van der Waals surface area (Å²) in [6, 6.07) is 6.21. The minimum absolute atomic E-state index is 0.438. The molecule has 2 aliphatic rings. The number of likely N-dealkylation sites (N-methyl/N-ethyl adjacent to an activating group) is 1. The van der Waals surface area contributed by atoms with Gasteiger partial charge in [-0.2, -0.15) is 0 Å². The fourth-order valence-electron chi connectivity index (χ4n) is 5.80. The van der Waals surface area contributed by atoms with E-state index in [1.165, 1.54) is 0 Å². The van der Waals surface area contributed by atoms with Crippen molar-refractivity contribution >= 4 is 52.1 Å². The fourth-order valence-corrected chi connectivity index (χ4v) is 6.70. The van der Waals surface area contributed by atoms with Gasteiger partial charge in [-0.05, 0) is 49.9 Å². The zero-order valence-electron chi connectivity index (χ0n) is 25.1. The van der Waals surface area contributed by atoms with Gasteiger partial charge in [-0.15, -0.1) is 0 Å². The van der Waals surface area contributed by atoms with Crippen molar-refractivity contribution in [2.24, 2.45) is 0 Å². The van der Waals surface area contributed by atoms with Crippen LogP contribution < -0.4 is 24.4 Å². The first-order valence-electron chi connectivity index (χ1n) is 14.5. The number of benzene rings is 2. The molecule has 2 fully saturated rings. The van der Waals surface area contributed by atoms with Crippen LogP contribution in [0.2, 0.25) is 15.1 Å². The minimum atomic E-state index is 0.438. The van der Waals surface area contributed by atoms with E-state index in [1.54, 1.807) is 39.8 Å². The number of piperazine rings is 1. The van der Waals surface area contributed by atoms with E-state index in [0.717, 1.165) is 74.7 Å². The lowest BCUT2D eigenvalue weighted by atomic mass is 10.0. The van der Waals surface area contributed by atoms with E-state index in [0.29, 0.717) is 57.1 Å². The number of anilines is 3. The molecule has 0 amide bonds. The fraction of sp³-hybridized carbons (Fsp3) is 0.484. The maximum Gasteiger partial charge on any atom is 0.227 e. The second kappa shape index (κ2) is 14.4. The molecule has 2 aromatic carbocycles. The Hall–Kier alpha value is -2.69. The van der Waals surface area contributed by atoms with Crippen LogP contribution in [0.15, 0.2) is 30.6 Å². The zero-order chi connectivity index (χ0) is 30.5. The van der Waals surface area contributed by atoms with Crippen molar-refractivity contribution in [1.29, 1.82) is 0 Å². The van der Waals surface area contributed by atoms with E-state index in [2.05, 4.69) is 37.0 Å². The van der Waals surface area contributed by atoms with Crippen LogP contribution in [0.1, 0.15) is 24.0 Å². The van der Waals surface area contributed by atoms with Gasteiger partial charge in [0.25, 0.3) is 0 Å². The molecule has 5 rings (SSSR count). The molecule has 0 bridgehead atoms. The maximum atomic E-state index is 6.76. The molecule has 0 radical (unpaired) electrons. The summed E-state index contributed by atoms with van der Waals surface area (Å²) in [4.78, 5) is 16.5. The van der Waals surface area contributed by atoms with Crippen LogP contribution in [-0.2, 0) is 12.8 Å². The Morgan fingerprint density at radius 2 is 1.40 bits per heavy atom. The topological polar surface area (TPSA) is 75.2 Å². The van der Waals surface area contributed by atoms with Gasteiger partial charge in [-0.25, -0.2) is 9.97 Å². The van der Waals surface area contributed by atoms with Crippen molar-refractivity contribution in [3.8, 4) is 17.2 Å². The van der Waals surface area contributed by atoms with E-state index in [4.69, 9.17) is 49.0 Å². The molecule has 0 atom stereocenters. The number of nitrogens with zero attached hydrogens (tertiary/aromatic N) is 5. The molecule has 0 unspecified atom stereocenters. The normalized spacial score (nSPS) is 16.8. The molecule has 1 N–H and O–H groups in total. The van der Waals surface area contributed by atoms with Crippen molar-refractivity contribution in [1.82, 2.24) is 19.8 Å². The number of aryl methyl sites for hydroxylation is 1. The molecule has 1 aromatic heterocycles. The zero-order valence-corrected chi connectivity index (χ0v) is 27.4. The van der Waals surface area contributed by atoms with E-state index in [-0.39, 0.29) is 0 Å². The van der Waals surface area contributed by atoms with Crippen LogP contribution in [0.5, 0.6) is 17.2 Å². The molecule has 0 spiro atoms. The average Bonchev–Trinajstić information content (AvgIpc) is 3.03. The van der Waals surface area contributed by atoms with E-state index in [9.17, 15) is 0 Å². The Morgan fingerprint density at radius 1 is 0.791 bits per heavy atom. The molecular weight excluding hydrogens is 611 g/mol. The molecular formula is C31H39Cl3N6O3. The number of rotatable bonds is 10. The lowest BCUT2D eigenvalue weighted by molar-refractivity contribution is 0.0981. The summed E-state index contributed by atoms with van der Waals surface area (Å²) < 4.78 is 16.5. The van der Waals surface area contributed by atoms with Gasteiger partial charge >= 0.3 is 0 Å². The molecule has 9 nitrogen and oxygen atoms in total. The van der Waals surface area contributed by atoms with E-state index < -0.39 is 0 Å². The van der Waals surface area contributed by atoms with Crippen LogP contribution in [0, 0.1) is 0 Å². The molecule has 3 heterocycles. The van der Waals surface area contributed by atoms with Gasteiger partial charge in [0.05, 0.1) is 47.8 Å². The number of halogens is 3. The second-order valence-corrected chi connectivity index (χ2v) is 12.2.